The minimum absolute atomic E-state index is 0.126. The molecule has 0 bridgehead atoms. The Bertz CT molecular complexity index is 955. The Morgan fingerprint density at radius 3 is 2.54 bits per heavy atom. The number of amides is 1. The summed E-state index contributed by atoms with van der Waals surface area (Å²) in [5.41, 5.74) is 3.74. The molecule has 0 saturated carbocycles. The minimum atomic E-state index is -0.237. The van der Waals surface area contributed by atoms with Gasteiger partial charge in [-0.15, -0.1) is 0 Å². The smallest absolute Gasteiger partial charge is 0.258 e. The van der Waals surface area contributed by atoms with Gasteiger partial charge in [0.1, 0.15) is 5.75 Å². The third-order valence-corrected chi connectivity index (χ3v) is 4.16. The molecule has 1 N–H and O–H groups in total. The van der Waals surface area contributed by atoms with Crippen LogP contribution in [0.5, 0.6) is 11.6 Å². The quantitative estimate of drug-likeness (QED) is 0.683. The summed E-state index contributed by atoms with van der Waals surface area (Å²) in [6, 6.07) is 17.2. The highest BCUT2D eigenvalue weighted by atomic mass is 16.5. The molecule has 0 unspecified atom stereocenters. The molecule has 1 aromatic heterocycles. The SMILES string of the molecule is COc1ccccc1CNC(=O)COc1cc(C)nc(-c2ccc(C)cc2)n1. The Hall–Kier alpha value is -3.41. The number of hydrogen-bond acceptors (Lipinski definition) is 5. The Kier molecular flexibility index (Phi) is 6.22. The number of aromatic nitrogens is 2. The van der Waals surface area contributed by atoms with E-state index < -0.39 is 0 Å². The zero-order valence-electron chi connectivity index (χ0n) is 16.2. The zero-order valence-corrected chi connectivity index (χ0v) is 16.2. The van der Waals surface area contributed by atoms with Crippen molar-refractivity contribution >= 4 is 5.91 Å². The monoisotopic (exact) mass is 377 g/mol. The van der Waals surface area contributed by atoms with Crippen LogP contribution in [0.15, 0.2) is 54.6 Å². The van der Waals surface area contributed by atoms with Crippen LogP contribution in [-0.4, -0.2) is 29.6 Å². The molecule has 0 spiro atoms. The summed E-state index contributed by atoms with van der Waals surface area (Å²) in [5.74, 6) is 1.44. The molecule has 0 atom stereocenters. The van der Waals surface area contributed by atoms with Crippen molar-refractivity contribution < 1.29 is 14.3 Å². The fourth-order valence-corrected chi connectivity index (χ4v) is 2.68. The maximum Gasteiger partial charge on any atom is 0.258 e. The highest BCUT2D eigenvalue weighted by Gasteiger charge is 2.09. The number of benzene rings is 2. The summed E-state index contributed by atoms with van der Waals surface area (Å²) < 4.78 is 10.9. The van der Waals surface area contributed by atoms with Crippen molar-refractivity contribution in [1.29, 1.82) is 0 Å². The molecule has 28 heavy (non-hydrogen) atoms. The molecule has 6 heteroatoms. The topological polar surface area (TPSA) is 73.3 Å². The summed E-state index contributed by atoms with van der Waals surface area (Å²) >= 11 is 0. The maximum atomic E-state index is 12.1. The van der Waals surface area contributed by atoms with Crippen molar-refractivity contribution in [3.63, 3.8) is 0 Å². The van der Waals surface area contributed by atoms with E-state index in [1.54, 1.807) is 13.2 Å². The van der Waals surface area contributed by atoms with Gasteiger partial charge in [-0.05, 0) is 19.9 Å². The fourth-order valence-electron chi connectivity index (χ4n) is 2.68. The van der Waals surface area contributed by atoms with Crippen LogP contribution in [-0.2, 0) is 11.3 Å². The van der Waals surface area contributed by atoms with E-state index in [-0.39, 0.29) is 12.5 Å². The van der Waals surface area contributed by atoms with Gasteiger partial charge < -0.3 is 14.8 Å². The van der Waals surface area contributed by atoms with Gasteiger partial charge >= 0.3 is 0 Å². The number of para-hydroxylation sites is 1. The van der Waals surface area contributed by atoms with E-state index in [4.69, 9.17) is 9.47 Å². The van der Waals surface area contributed by atoms with Gasteiger partial charge in [-0.25, -0.2) is 4.98 Å². The summed E-state index contributed by atoms with van der Waals surface area (Å²) in [4.78, 5) is 21.0. The summed E-state index contributed by atoms with van der Waals surface area (Å²) in [6.45, 7) is 4.13. The first kappa shape index (κ1) is 19.4. The molecule has 3 aromatic rings. The molecule has 0 aliphatic carbocycles. The predicted octanol–water partition coefficient (Wildman–Crippen LogP) is 3.46. The van der Waals surface area contributed by atoms with Crippen molar-refractivity contribution in [2.45, 2.75) is 20.4 Å². The molecule has 0 saturated heterocycles. The van der Waals surface area contributed by atoms with E-state index in [9.17, 15) is 4.79 Å². The highest BCUT2D eigenvalue weighted by Crippen LogP contribution is 2.20. The normalized spacial score (nSPS) is 10.4. The van der Waals surface area contributed by atoms with Crippen LogP contribution in [0.4, 0.5) is 0 Å². The fraction of sp³-hybridized carbons (Fsp3) is 0.227. The Morgan fingerprint density at radius 1 is 1.04 bits per heavy atom. The lowest BCUT2D eigenvalue weighted by atomic mass is 10.1. The minimum Gasteiger partial charge on any atom is -0.496 e. The third kappa shape index (κ3) is 5.07. The molecule has 3 rings (SSSR count). The van der Waals surface area contributed by atoms with Crippen molar-refractivity contribution in [3.05, 3.63) is 71.4 Å². The molecule has 0 radical (unpaired) electrons. The van der Waals surface area contributed by atoms with E-state index in [2.05, 4.69) is 15.3 Å². The molecular weight excluding hydrogens is 354 g/mol. The molecule has 2 aromatic carbocycles. The lowest BCUT2D eigenvalue weighted by Crippen LogP contribution is -2.28. The van der Waals surface area contributed by atoms with E-state index in [0.29, 0.717) is 18.2 Å². The number of nitrogens with one attached hydrogen (secondary N) is 1. The Labute approximate surface area is 164 Å². The van der Waals surface area contributed by atoms with Crippen LogP contribution >= 0.6 is 0 Å². The van der Waals surface area contributed by atoms with Crippen molar-refractivity contribution in [2.75, 3.05) is 13.7 Å². The Morgan fingerprint density at radius 2 is 1.79 bits per heavy atom. The number of aryl methyl sites for hydroxylation is 2. The van der Waals surface area contributed by atoms with Crippen molar-refractivity contribution in [3.8, 4) is 23.0 Å². The van der Waals surface area contributed by atoms with E-state index in [0.717, 1.165) is 22.6 Å². The van der Waals surface area contributed by atoms with E-state index in [1.807, 2.05) is 62.4 Å². The molecule has 0 fully saturated rings. The lowest BCUT2D eigenvalue weighted by molar-refractivity contribution is -0.123. The van der Waals surface area contributed by atoms with Gasteiger partial charge in [0.2, 0.25) is 5.88 Å². The summed E-state index contributed by atoms with van der Waals surface area (Å²) in [5, 5.41) is 2.82. The van der Waals surface area contributed by atoms with Gasteiger partial charge in [-0.1, -0.05) is 48.0 Å². The molecule has 144 valence electrons. The van der Waals surface area contributed by atoms with Crippen LogP contribution in [0, 0.1) is 13.8 Å². The van der Waals surface area contributed by atoms with Crippen molar-refractivity contribution in [1.82, 2.24) is 15.3 Å². The maximum absolute atomic E-state index is 12.1. The molecule has 0 aliphatic rings. The van der Waals surface area contributed by atoms with Gasteiger partial charge in [0.25, 0.3) is 5.91 Å². The first-order valence-corrected chi connectivity index (χ1v) is 8.99. The average molecular weight is 377 g/mol. The van der Waals surface area contributed by atoms with Crippen LogP contribution in [0.3, 0.4) is 0 Å². The number of hydrogen-bond donors (Lipinski definition) is 1. The highest BCUT2D eigenvalue weighted by molar-refractivity contribution is 5.77. The average Bonchev–Trinajstić information content (AvgIpc) is 2.71. The lowest BCUT2D eigenvalue weighted by Gasteiger charge is -2.11. The number of rotatable bonds is 7. The summed E-state index contributed by atoms with van der Waals surface area (Å²) in [7, 11) is 1.60. The van der Waals surface area contributed by atoms with E-state index in [1.165, 1.54) is 5.56 Å². The molecule has 1 amide bonds. The second kappa shape index (κ2) is 8.99. The zero-order chi connectivity index (χ0) is 19.9. The van der Waals surface area contributed by atoms with E-state index >= 15 is 0 Å². The molecule has 0 aliphatic heterocycles. The molecular formula is C22H23N3O3. The van der Waals surface area contributed by atoms with Crippen LogP contribution < -0.4 is 14.8 Å². The number of carbonyl (C=O) groups is 1. The number of ether oxygens (including phenoxy) is 2. The van der Waals surface area contributed by atoms with Gasteiger partial charge in [0.15, 0.2) is 12.4 Å². The van der Waals surface area contributed by atoms with Crippen LogP contribution in [0.25, 0.3) is 11.4 Å². The Balaban J connectivity index is 1.61. The van der Waals surface area contributed by atoms with Crippen LogP contribution in [0.2, 0.25) is 0 Å². The van der Waals surface area contributed by atoms with Gasteiger partial charge in [-0.3, -0.25) is 4.79 Å². The predicted molar refractivity (Wildman–Crippen MR) is 107 cm³/mol. The third-order valence-electron chi connectivity index (χ3n) is 4.16. The van der Waals surface area contributed by atoms with Crippen molar-refractivity contribution in [2.24, 2.45) is 0 Å². The number of nitrogens with zero attached hydrogens (tertiary/aromatic N) is 2. The first-order valence-electron chi connectivity index (χ1n) is 8.99. The summed E-state index contributed by atoms with van der Waals surface area (Å²) in [6.07, 6.45) is 0. The standard InChI is InChI=1S/C22H23N3O3/c1-15-8-10-17(11-9-15)22-24-16(2)12-21(25-22)28-14-20(26)23-13-18-6-4-5-7-19(18)27-3/h4-12H,13-14H2,1-3H3,(H,23,26). The second-order valence-corrected chi connectivity index (χ2v) is 6.41. The second-order valence-electron chi connectivity index (χ2n) is 6.41. The largest absolute Gasteiger partial charge is 0.496 e. The number of methoxy groups -OCH3 is 1. The molecule has 6 nitrogen and oxygen atoms in total. The van der Waals surface area contributed by atoms with Gasteiger partial charge in [-0.2, -0.15) is 4.98 Å². The molecule has 1 heterocycles. The van der Waals surface area contributed by atoms with Crippen LogP contribution in [0.1, 0.15) is 16.8 Å². The van der Waals surface area contributed by atoms with Gasteiger partial charge in [0.05, 0.1) is 7.11 Å². The number of carbonyl (C=O) groups excluding carboxylic acids is 1. The first-order chi connectivity index (χ1) is 13.5. The van der Waals surface area contributed by atoms with Gasteiger partial charge in [0, 0.05) is 29.4 Å².